The van der Waals surface area contributed by atoms with E-state index in [0.717, 1.165) is 16.1 Å². The summed E-state index contributed by atoms with van der Waals surface area (Å²) in [7, 11) is 0. The summed E-state index contributed by atoms with van der Waals surface area (Å²) in [4.78, 5) is 17.8. The molecule has 1 N–H and O–H groups in total. The molecule has 3 heterocycles. The number of aliphatic imine (C=N–C) groups is 1. The molecule has 4 rings (SSSR count). The van der Waals surface area contributed by atoms with Gasteiger partial charge in [-0.15, -0.1) is 21.5 Å². The lowest BCUT2D eigenvalue weighted by atomic mass is 9.86. The highest BCUT2D eigenvalue weighted by Gasteiger charge is 2.43. The summed E-state index contributed by atoms with van der Waals surface area (Å²) in [5.74, 6) is 0.232. The van der Waals surface area contributed by atoms with Gasteiger partial charge in [0, 0.05) is 21.7 Å². The molecule has 1 aliphatic heterocycles. The predicted molar refractivity (Wildman–Crippen MR) is 106 cm³/mol. The molecule has 3 aromatic rings. The monoisotopic (exact) mass is 400 g/mol. The van der Waals surface area contributed by atoms with Crippen LogP contribution in [0.2, 0.25) is 5.02 Å². The van der Waals surface area contributed by atoms with Gasteiger partial charge in [-0.2, -0.15) is 0 Å². The molecule has 0 aliphatic carbocycles. The maximum atomic E-state index is 11.8. The fourth-order valence-electron chi connectivity index (χ4n) is 3.43. The topological polar surface area (TPSA) is 80.4 Å². The molecule has 0 unspecified atom stereocenters. The highest BCUT2D eigenvalue weighted by atomic mass is 35.5. The minimum atomic E-state index is -1.18. The van der Waals surface area contributed by atoms with Gasteiger partial charge in [0.25, 0.3) is 0 Å². The van der Waals surface area contributed by atoms with Crippen molar-refractivity contribution in [1.82, 2.24) is 14.8 Å². The van der Waals surface area contributed by atoms with Crippen molar-refractivity contribution < 1.29 is 9.90 Å². The lowest BCUT2D eigenvalue weighted by Gasteiger charge is -2.27. The number of halogens is 1. The Bertz CT molecular complexity index is 1080. The van der Waals surface area contributed by atoms with Gasteiger partial charge in [-0.05, 0) is 44.0 Å². The number of carbonyl (C=O) groups is 1. The molecule has 0 bridgehead atoms. The second kappa shape index (κ2) is 6.28. The van der Waals surface area contributed by atoms with Crippen LogP contribution >= 0.6 is 22.9 Å². The molecule has 0 saturated carbocycles. The largest absolute Gasteiger partial charge is 0.481 e. The molecule has 1 aliphatic rings. The van der Waals surface area contributed by atoms with E-state index in [1.807, 2.05) is 18.4 Å². The highest BCUT2D eigenvalue weighted by Crippen LogP contribution is 2.42. The van der Waals surface area contributed by atoms with Crippen LogP contribution in [0.1, 0.15) is 39.6 Å². The molecule has 2 aromatic heterocycles. The normalized spacial score (nSPS) is 18.1. The minimum absolute atomic E-state index is 0.240. The standard InChI is InChI=1S/C19H17ClN4O2S/c1-10-11(2)27-17-15(10)9-21-19(8-16(25)26,13-4-6-14(20)7-5-13)18-23-22-12(3)24(17)18/h4-7,9H,8H2,1-3H3,(H,25,26)/t19-/m0/s1. The van der Waals surface area contributed by atoms with E-state index < -0.39 is 11.5 Å². The molecule has 1 atom stereocenters. The van der Waals surface area contributed by atoms with Gasteiger partial charge >= 0.3 is 5.97 Å². The van der Waals surface area contributed by atoms with Crippen LogP contribution in [0.5, 0.6) is 0 Å². The summed E-state index contributed by atoms with van der Waals surface area (Å²) in [6.45, 7) is 5.97. The Hall–Kier alpha value is -2.51. The third kappa shape index (κ3) is 2.69. The van der Waals surface area contributed by atoms with Crippen molar-refractivity contribution in [1.29, 1.82) is 0 Å². The maximum absolute atomic E-state index is 11.8. The van der Waals surface area contributed by atoms with Crippen molar-refractivity contribution >= 4 is 35.1 Å². The van der Waals surface area contributed by atoms with Crippen LogP contribution in [0.3, 0.4) is 0 Å². The predicted octanol–water partition coefficient (Wildman–Crippen LogP) is 4.06. The summed E-state index contributed by atoms with van der Waals surface area (Å²) in [6, 6.07) is 7.07. The number of aryl methyl sites for hydroxylation is 2. The van der Waals surface area contributed by atoms with Crippen molar-refractivity contribution in [3.8, 4) is 5.00 Å². The first-order valence-electron chi connectivity index (χ1n) is 8.39. The molecule has 0 spiro atoms. The first-order chi connectivity index (χ1) is 12.8. The van der Waals surface area contributed by atoms with Gasteiger partial charge in [0.2, 0.25) is 0 Å². The van der Waals surface area contributed by atoms with Crippen molar-refractivity contribution in [3.05, 3.63) is 62.5 Å². The summed E-state index contributed by atoms with van der Waals surface area (Å²) in [6.07, 6.45) is 1.54. The fourth-order valence-corrected chi connectivity index (χ4v) is 4.73. The van der Waals surface area contributed by atoms with Crippen LogP contribution in [-0.2, 0) is 10.3 Å². The number of thiophene rings is 1. The molecular weight excluding hydrogens is 384 g/mol. The quantitative estimate of drug-likeness (QED) is 0.718. The van der Waals surface area contributed by atoms with E-state index in [-0.39, 0.29) is 6.42 Å². The lowest BCUT2D eigenvalue weighted by molar-refractivity contribution is -0.138. The molecule has 0 amide bonds. The molecule has 8 heteroatoms. The number of hydrogen-bond donors (Lipinski definition) is 1. The smallest absolute Gasteiger partial charge is 0.306 e. The van der Waals surface area contributed by atoms with E-state index in [1.54, 1.807) is 41.8 Å². The number of benzene rings is 1. The molecule has 0 saturated heterocycles. The van der Waals surface area contributed by atoms with Crippen LogP contribution in [-0.4, -0.2) is 32.1 Å². The van der Waals surface area contributed by atoms with Gasteiger partial charge in [0.1, 0.15) is 10.8 Å². The molecule has 0 radical (unpaired) electrons. The number of carboxylic acids is 1. The van der Waals surface area contributed by atoms with Crippen molar-refractivity contribution in [2.24, 2.45) is 4.99 Å². The number of hydrogen-bond acceptors (Lipinski definition) is 5. The molecule has 0 fully saturated rings. The summed E-state index contributed by atoms with van der Waals surface area (Å²) < 4.78 is 1.94. The number of fused-ring (bicyclic) bond motifs is 3. The van der Waals surface area contributed by atoms with Crippen LogP contribution in [0, 0.1) is 20.8 Å². The van der Waals surface area contributed by atoms with E-state index in [0.29, 0.717) is 22.2 Å². The molecule has 138 valence electrons. The average molecular weight is 401 g/mol. The Balaban J connectivity index is 2.07. The number of aromatic nitrogens is 3. The zero-order valence-electron chi connectivity index (χ0n) is 15.0. The summed E-state index contributed by atoms with van der Waals surface area (Å²) >= 11 is 7.68. The molecule has 1 aromatic carbocycles. The van der Waals surface area contributed by atoms with Gasteiger partial charge < -0.3 is 5.11 Å². The van der Waals surface area contributed by atoms with Crippen LogP contribution in [0.4, 0.5) is 0 Å². The van der Waals surface area contributed by atoms with Crippen LogP contribution in [0.25, 0.3) is 5.00 Å². The van der Waals surface area contributed by atoms with Crippen molar-refractivity contribution in [3.63, 3.8) is 0 Å². The third-order valence-corrected chi connectivity index (χ3v) is 6.41. The Morgan fingerprint density at radius 1 is 1.22 bits per heavy atom. The van der Waals surface area contributed by atoms with E-state index in [4.69, 9.17) is 16.6 Å². The number of aliphatic carboxylic acids is 1. The van der Waals surface area contributed by atoms with Gasteiger partial charge in [0.05, 0.1) is 6.42 Å². The van der Waals surface area contributed by atoms with E-state index in [2.05, 4.69) is 17.1 Å². The summed E-state index contributed by atoms with van der Waals surface area (Å²) in [5, 5.41) is 19.8. The van der Waals surface area contributed by atoms with Gasteiger partial charge in [-0.25, -0.2) is 0 Å². The third-order valence-electron chi connectivity index (χ3n) is 4.95. The number of nitrogens with zero attached hydrogens (tertiary/aromatic N) is 4. The van der Waals surface area contributed by atoms with E-state index in [9.17, 15) is 9.90 Å². The Morgan fingerprint density at radius 3 is 2.59 bits per heavy atom. The van der Waals surface area contributed by atoms with E-state index in [1.165, 1.54) is 4.88 Å². The van der Waals surface area contributed by atoms with Gasteiger partial charge in [-0.3, -0.25) is 14.4 Å². The van der Waals surface area contributed by atoms with Crippen molar-refractivity contribution in [2.75, 3.05) is 0 Å². The maximum Gasteiger partial charge on any atom is 0.306 e. The van der Waals surface area contributed by atoms with Crippen molar-refractivity contribution in [2.45, 2.75) is 32.7 Å². The Morgan fingerprint density at radius 2 is 1.93 bits per heavy atom. The highest BCUT2D eigenvalue weighted by molar-refractivity contribution is 7.15. The van der Waals surface area contributed by atoms with Crippen LogP contribution < -0.4 is 0 Å². The van der Waals surface area contributed by atoms with Gasteiger partial charge in [-0.1, -0.05) is 23.7 Å². The van der Waals surface area contributed by atoms with Crippen LogP contribution in [0.15, 0.2) is 29.3 Å². The zero-order valence-corrected chi connectivity index (χ0v) is 16.6. The fraction of sp³-hybridized carbons (Fsp3) is 0.263. The molecule has 27 heavy (non-hydrogen) atoms. The van der Waals surface area contributed by atoms with E-state index >= 15 is 0 Å². The Labute approximate surface area is 165 Å². The number of rotatable bonds is 3. The average Bonchev–Trinajstić information content (AvgIpc) is 3.08. The first-order valence-corrected chi connectivity index (χ1v) is 9.59. The molecule has 6 nitrogen and oxygen atoms in total. The lowest BCUT2D eigenvalue weighted by Crippen LogP contribution is -2.31. The molecular formula is C19H17ClN4O2S. The summed E-state index contributed by atoms with van der Waals surface area (Å²) in [5.41, 5.74) is 1.63. The Kier molecular flexibility index (Phi) is 4.16. The SMILES string of the molecule is Cc1sc2c(c1C)C=N[C@@](CC(=O)O)(c1ccc(Cl)cc1)c1nnc(C)n1-2. The second-order valence-corrected chi connectivity index (χ2v) is 8.24. The number of carboxylic acid groups (broad SMARTS) is 1. The zero-order chi connectivity index (χ0) is 19.3. The first kappa shape index (κ1) is 17.9. The van der Waals surface area contributed by atoms with Gasteiger partial charge in [0.15, 0.2) is 11.4 Å². The minimum Gasteiger partial charge on any atom is -0.481 e. The second-order valence-electron chi connectivity index (χ2n) is 6.60.